The molecule has 0 bridgehead atoms. The molecule has 0 aromatic heterocycles. The van der Waals surface area contributed by atoms with Crippen molar-refractivity contribution in [2.24, 2.45) is 0 Å². The van der Waals surface area contributed by atoms with Crippen LogP contribution in [-0.4, -0.2) is 105 Å². The second kappa shape index (κ2) is 15.0. The predicted octanol–water partition coefficient (Wildman–Crippen LogP) is 2.93. The smallest absolute Gasteiger partial charge is 0.475 e. The van der Waals surface area contributed by atoms with E-state index in [1.54, 1.807) is 10.4 Å². The van der Waals surface area contributed by atoms with E-state index in [4.69, 9.17) is 9.90 Å². The molecule has 3 rings (SSSR count). The Labute approximate surface area is 229 Å². The number of piperazine rings is 1. The molecule has 2 N–H and O–H groups in total. The molecule has 1 aromatic rings. The number of halogens is 3. The molecule has 0 radical (unpaired) electrons. The van der Waals surface area contributed by atoms with Crippen LogP contribution in [0.1, 0.15) is 48.8 Å². The maximum atomic E-state index is 13.7. The number of carboxylic acids is 1. The number of aliphatic carboxylic acids is 1. The lowest BCUT2D eigenvalue weighted by molar-refractivity contribution is -0.192. The molecule has 0 aliphatic carbocycles. The van der Waals surface area contributed by atoms with Crippen LogP contribution in [0.25, 0.3) is 0 Å². The first-order valence-electron chi connectivity index (χ1n) is 13.3. The summed E-state index contributed by atoms with van der Waals surface area (Å²) in [4.78, 5) is 26.3. The fourth-order valence-electron chi connectivity index (χ4n) is 4.65. The molecule has 2 heterocycles. The van der Waals surface area contributed by atoms with Crippen molar-refractivity contribution in [3.05, 3.63) is 28.8 Å². The largest absolute Gasteiger partial charge is 0.490 e. The molecule has 9 nitrogen and oxygen atoms in total. The molecule has 2 fully saturated rings. The molecule has 1 amide bonds. The van der Waals surface area contributed by atoms with Crippen molar-refractivity contribution >= 4 is 21.9 Å². The van der Waals surface area contributed by atoms with E-state index < -0.39 is 22.2 Å². The molecule has 222 valence electrons. The molecule has 2 aliphatic rings. The molecule has 39 heavy (non-hydrogen) atoms. The molecule has 13 heteroatoms. The SMILES string of the molecule is Cc1cc(C)c(S(=O)(=O)N(CCCN2CCCCC2)CCC(=O)N2CCNCC2)cc1C.O=C(O)C(F)(F)F. The van der Waals surface area contributed by atoms with Gasteiger partial charge < -0.3 is 20.2 Å². The van der Waals surface area contributed by atoms with Crippen molar-refractivity contribution in [3.8, 4) is 0 Å². The van der Waals surface area contributed by atoms with Crippen molar-refractivity contribution in [3.63, 3.8) is 0 Å². The van der Waals surface area contributed by atoms with E-state index in [1.807, 2.05) is 31.7 Å². The van der Waals surface area contributed by atoms with Gasteiger partial charge in [0.25, 0.3) is 0 Å². The number of carboxylic acid groups (broad SMARTS) is 1. The Hall–Kier alpha value is -2.22. The molecular weight excluding hydrogens is 537 g/mol. The van der Waals surface area contributed by atoms with Gasteiger partial charge in [0, 0.05) is 45.7 Å². The number of amides is 1. The Balaban J connectivity index is 0.000000673. The van der Waals surface area contributed by atoms with E-state index in [0.717, 1.165) is 55.8 Å². The summed E-state index contributed by atoms with van der Waals surface area (Å²) in [5.74, 6) is -2.72. The number of likely N-dealkylation sites (tertiary alicyclic amines) is 1. The fraction of sp³-hybridized carbons (Fsp3) is 0.692. The maximum Gasteiger partial charge on any atom is 0.490 e. The highest BCUT2D eigenvalue weighted by Crippen LogP contribution is 2.24. The fourth-order valence-corrected chi connectivity index (χ4v) is 6.42. The molecule has 0 atom stereocenters. The van der Waals surface area contributed by atoms with Gasteiger partial charge in [-0.05, 0) is 82.4 Å². The van der Waals surface area contributed by atoms with Crippen molar-refractivity contribution in [2.75, 3.05) is 58.9 Å². The zero-order valence-corrected chi connectivity index (χ0v) is 23.8. The third-order valence-corrected chi connectivity index (χ3v) is 9.07. The first-order chi connectivity index (χ1) is 18.2. The van der Waals surface area contributed by atoms with Crippen molar-refractivity contribution in [1.82, 2.24) is 19.4 Å². The standard InChI is InChI=1S/C24H40N4O3S.C2HF3O2/c1-20-18-22(3)23(19-21(20)2)32(30,31)28(14-7-13-26-11-5-4-6-12-26)15-8-24(29)27-16-9-25-10-17-27;3-2(4,5)1(6)7/h18-19,25H,4-17H2,1-3H3;(H,6,7). The molecule has 0 unspecified atom stereocenters. The van der Waals surface area contributed by atoms with Crippen LogP contribution in [0.15, 0.2) is 17.0 Å². The van der Waals surface area contributed by atoms with Crippen molar-refractivity contribution in [1.29, 1.82) is 0 Å². The first-order valence-corrected chi connectivity index (χ1v) is 14.8. The zero-order chi connectivity index (χ0) is 29.2. The molecule has 2 saturated heterocycles. The minimum Gasteiger partial charge on any atom is -0.475 e. The predicted molar refractivity (Wildman–Crippen MR) is 142 cm³/mol. The maximum absolute atomic E-state index is 13.7. The summed E-state index contributed by atoms with van der Waals surface area (Å²) in [6.07, 6.45) is -0.332. The van der Waals surface area contributed by atoms with Crippen LogP contribution in [0.4, 0.5) is 13.2 Å². The Morgan fingerprint density at radius 2 is 1.51 bits per heavy atom. The van der Waals surface area contributed by atoms with E-state index >= 15 is 0 Å². The number of hydrogen-bond acceptors (Lipinski definition) is 6. The number of rotatable bonds is 9. The third-order valence-electron chi connectivity index (χ3n) is 7.03. The lowest BCUT2D eigenvalue weighted by atomic mass is 10.1. The minimum atomic E-state index is -5.08. The van der Waals surface area contributed by atoms with Gasteiger partial charge in [-0.3, -0.25) is 4.79 Å². The number of carbonyl (C=O) groups is 2. The summed E-state index contributed by atoms with van der Waals surface area (Å²) in [5.41, 5.74) is 2.83. The number of hydrogen-bond donors (Lipinski definition) is 2. The first kappa shape index (κ1) is 33.0. The van der Waals surface area contributed by atoms with Gasteiger partial charge in [0.2, 0.25) is 15.9 Å². The number of piperidine rings is 1. The average Bonchev–Trinajstić information content (AvgIpc) is 2.88. The molecular formula is C26H41F3N4O5S. The van der Waals surface area contributed by atoms with E-state index in [9.17, 15) is 26.4 Å². The summed E-state index contributed by atoms with van der Waals surface area (Å²) in [6, 6.07) is 3.73. The van der Waals surface area contributed by atoms with Gasteiger partial charge in [-0.2, -0.15) is 17.5 Å². The van der Waals surface area contributed by atoms with Crippen LogP contribution in [0, 0.1) is 20.8 Å². The number of aryl methyl sites for hydroxylation is 3. The molecule has 1 aromatic carbocycles. The van der Waals surface area contributed by atoms with Crippen LogP contribution in [0.3, 0.4) is 0 Å². The Morgan fingerprint density at radius 1 is 0.949 bits per heavy atom. The summed E-state index contributed by atoms with van der Waals surface area (Å²) in [6.45, 7) is 12.6. The van der Waals surface area contributed by atoms with Crippen LogP contribution < -0.4 is 5.32 Å². The monoisotopic (exact) mass is 578 g/mol. The number of nitrogens with zero attached hydrogens (tertiary/aromatic N) is 3. The van der Waals surface area contributed by atoms with E-state index in [2.05, 4.69) is 10.2 Å². The number of nitrogens with one attached hydrogen (secondary N) is 1. The van der Waals surface area contributed by atoms with Crippen LogP contribution >= 0.6 is 0 Å². The van der Waals surface area contributed by atoms with Crippen LogP contribution in [0.2, 0.25) is 0 Å². The molecule has 0 saturated carbocycles. The molecule has 0 spiro atoms. The topological polar surface area (TPSA) is 110 Å². The van der Waals surface area contributed by atoms with Gasteiger partial charge in [0.1, 0.15) is 0 Å². The van der Waals surface area contributed by atoms with E-state index in [-0.39, 0.29) is 18.9 Å². The number of alkyl halides is 3. The number of sulfonamides is 1. The Morgan fingerprint density at radius 3 is 2.08 bits per heavy atom. The van der Waals surface area contributed by atoms with E-state index in [1.165, 1.54) is 19.3 Å². The Kier molecular flexibility index (Phi) is 12.7. The summed E-state index contributed by atoms with van der Waals surface area (Å²) in [7, 11) is -3.67. The van der Waals surface area contributed by atoms with Gasteiger partial charge in [-0.15, -0.1) is 0 Å². The Bertz CT molecular complexity index is 1070. The van der Waals surface area contributed by atoms with Gasteiger partial charge in [0.15, 0.2) is 0 Å². The second-order valence-electron chi connectivity index (χ2n) is 10.0. The summed E-state index contributed by atoms with van der Waals surface area (Å²) >= 11 is 0. The number of benzene rings is 1. The van der Waals surface area contributed by atoms with Crippen LogP contribution in [-0.2, 0) is 19.6 Å². The highest BCUT2D eigenvalue weighted by molar-refractivity contribution is 7.89. The van der Waals surface area contributed by atoms with E-state index in [0.29, 0.717) is 24.5 Å². The summed E-state index contributed by atoms with van der Waals surface area (Å²) < 4.78 is 60.6. The van der Waals surface area contributed by atoms with Gasteiger partial charge >= 0.3 is 12.1 Å². The molecule has 2 aliphatic heterocycles. The minimum absolute atomic E-state index is 0.0412. The average molecular weight is 579 g/mol. The highest BCUT2D eigenvalue weighted by atomic mass is 32.2. The van der Waals surface area contributed by atoms with Gasteiger partial charge in [-0.25, -0.2) is 13.2 Å². The van der Waals surface area contributed by atoms with Gasteiger partial charge in [-0.1, -0.05) is 12.5 Å². The summed E-state index contributed by atoms with van der Waals surface area (Å²) in [5, 5.41) is 10.4. The van der Waals surface area contributed by atoms with Crippen molar-refractivity contribution in [2.45, 2.75) is 63.9 Å². The lowest BCUT2D eigenvalue weighted by Crippen LogP contribution is -2.47. The number of carbonyl (C=O) groups excluding carboxylic acids is 1. The quantitative estimate of drug-likeness (QED) is 0.464. The second-order valence-corrected chi connectivity index (χ2v) is 12.0. The normalized spacial score (nSPS) is 17.1. The highest BCUT2D eigenvalue weighted by Gasteiger charge is 2.38. The van der Waals surface area contributed by atoms with Crippen molar-refractivity contribution < 1.29 is 36.3 Å². The lowest BCUT2D eigenvalue weighted by Gasteiger charge is -2.30. The zero-order valence-electron chi connectivity index (χ0n) is 23.0. The third kappa shape index (κ3) is 10.4. The van der Waals surface area contributed by atoms with Gasteiger partial charge in [0.05, 0.1) is 4.90 Å². The van der Waals surface area contributed by atoms with Crippen LogP contribution in [0.5, 0.6) is 0 Å².